The number of aliphatic carboxylic acids is 1. The maximum atomic E-state index is 12.8. The van der Waals surface area contributed by atoms with Crippen LogP contribution in [-0.2, 0) is 10.5 Å². The van der Waals surface area contributed by atoms with Crippen molar-refractivity contribution in [1.82, 2.24) is 9.88 Å². The Morgan fingerprint density at radius 2 is 2.08 bits per heavy atom. The van der Waals surface area contributed by atoms with Crippen LogP contribution in [0, 0.1) is 12.8 Å². The topological polar surface area (TPSA) is 70.5 Å². The van der Waals surface area contributed by atoms with Gasteiger partial charge in [-0.3, -0.25) is 9.59 Å². The number of thioether (sulfide) groups is 1. The molecule has 1 aliphatic rings. The molecule has 1 aliphatic heterocycles. The van der Waals surface area contributed by atoms with E-state index in [-0.39, 0.29) is 11.9 Å². The molecule has 3 rings (SSSR count). The zero-order valence-corrected chi connectivity index (χ0v) is 16.5. The van der Waals surface area contributed by atoms with Crippen LogP contribution in [0.4, 0.5) is 0 Å². The van der Waals surface area contributed by atoms with E-state index in [1.807, 2.05) is 38.1 Å². The number of aryl methyl sites for hydroxylation is 1. The van der Waals surface area contributed by atoms with Crippen molar-refractivity contribution in [3.8, 4) is 0 Å². The average molecular weight is 391 g/mol. The van der Waals surface area contributed by atoms with E-state index < -0.39 is 11.9 Å². The van der Waals surface area contributed by atoms with Crippen LogP contribution in [0.1, 0.15) is 40.8 Å². The van der Waals surface area contributed by atoms with Crippen molar-refractivity contribution in [2.75, 3.05) is 6.54 Å². The van der Waals surface area contributed by atoms with E-state index in [1.54, 1.807) is 28.0 Å². The monoisotopic (exact) mass is 390 g/mol. The zero-order valence-electron chi connectivity index (χ0n) is 14.8. The standard InChI is InChI=1S/C19H22N2O3S2/c1-12-17(19(23)24)4-3-9-21(12)18(22)14-5-7-16(8-6-14)26-11-15-10-25-13(2)20-15/h5-8,10,12,17H,3-4,9,11H2,1-2H3,(H,23,24)/t12-,17-/m1/s1. The van der Waals surface area contributed by atoms with Gasteiger partial charge in [-0.25, -0.2) is 4.98 Å². The highest BCUT2D eigenvalue weighted by atomic mass is 32.2. The molecule has 1 aromatic carbocycles. The van der Waals surface area contributed by atoms with Gasteiger partial charge in [0.05, 0.1) is 16.6 Å². The maximum Gasteiger partial charge on any atom is 0.308 e. The summed E-state index contributed by atoms with van der Waals surface area (Å²) in [5.74, 6) is -0.584. The number of carboxylic acids is 1. The Morgan fingerprint density at radius 3 is 2.69 bits per heavy atom. The first-order valence-corrected chi connectivity index (χ1v) is 10.5. The lowest BCUT2D eigenvalue weighted by atomic mass is 9.90. The molecule has 0 radical (unpaired) electrons. The van der Waals surface area contributed by atoms with Crippen LogP contribution in [0.5, 0.6) is 0 Å². The summed E-state index contributed by atoms with van der Waals surface area (Å²) in [5, 5.41) is 12.5. The van der Waals surface area contributed by atoms with Crippen molar-refractivity contribution >= 4 is 35.0 Å². The van der Waals surface area contributed by atoms with Gasteiger partial charge >= 0.3 is 5.97 Å². The minimum Gasteiger partial charge on any atom is -0.481 e. The molecule has 0 aliphatic carbocycles. The van der Waals surface area contributed by atoms with Gasteiger partial charge in [0.1, 0.15) is 0 Å². The van der Waals surface area contributed by atoms with Crippen LogP contribution in [0.3, 0.4) is 0 Å². The largest absolute Gasteiger partial charge is 0.481 e. The minimum atomic E-state index is -0.820. The third kappa shape index (κ3) is 4.27. The fourth-order valence-electron chi connectivity index (χ4n) is 3.25. The fraction of sp³-hybridized carbons (Fsp3) is 0.421. The number of carboxylic acid groups (broad SMARTS) is 1. The van der Waals surface area contributed by atoms with Gasteiger partial charge in [-0.2, -0.15) is 0 Å². The molecule has 0 saturated carbocycles. The molecule has 1 fully saturated rings. The van der Waals surface area contributed by atoms with E-state index in [1.165, 1.54) is 0 Å². The van der Waals surface area contributed by atoms with E-state index in [0.29, 0.717) is 18.5 Å². The molecular formula is C19H22N2O3S2. The van der Waals surface area contributed by atoms with Gasteiger partial charge in [0.15, 0.2) is 0 Å². The summed E-state index contributed by atoms with van der Waals surface area (Å²) in [7, 11) is 0. The Hall–Kier alpha value is -1.86. The van der Waals surface area contributed by atoms with Crippen LogP contribution in [0.2, 0.25) is 0 Å². The Morgan fingerprint density at radius 1 is 1.35 bits per heavy atom. The molecule has 5 nitrogen and oxygen atoms in total. The lowest BCUT2D eigenvalue weighted by Crippen LogP contribution is -2.49. The van der Waals surface area contributed by atoms with Crippen LogP contribution < -0.4 is 0 Å². The molecular weight excluding hydrogens is 368 g/mol. The van der Waals surface area contributed by atoms with Crippen molar-refractivity contribution in [3.63, 3.8) is 0 Å². The normalized spacial score (nSPS) is 20.2. The minimum absolute atomic E-state index is 0.0878. The first-order chi connectivity index (χ1) is 12.5. The Kier molecular flexibility index (Phi) is 5.98. The van der Waals surface area contributed by atoms with E-state index >= 15 is 0 Å². The number of thiazole rings is 1. The maximum absolute atomic E-state index is 12.8. The summed E-state index contributed by atoms with van der Waals surface area (Å²) >= 11 is 3.34. The number of nitrogens with zero attached hydrogens (tertiary/aromatic N) is 2. The summed E-state index contributed by atoms with van der Waals surface area (Å²) in [6.07, 6.45) is 1.36. The second kappa shape index (κ2) is 8.22. The molecule has 2 heterocycles. The van der Waals surface area contributed by atoms with Gasteiger partial charge in [-0.05, 0) is 51.0 Å². The molecule has 1 N–H and O–H groups in total. The lowest BCUT2D eigenvalue weighted by Gasteiger charge is -2.37. The highest BCUT2D eigenvalue weighted by Gasteiger charge is 2.35. The second-order valence-electron chi connectivity index (χ2n) is 6.50. The Bertz CT molecular complexity index is 788. The number of piperidine rings is 1. The predicted molar refractivity (Wildman–Crippen MR) is 104 cm³/mol. The van der Waals surface area contributed by atoms with Gasteiger partial charge in [-0.15, -0.1) is 23.1 Å². The number of hydrogen-bond donors (Lipinski definition) is 1. The van der Waals surface area contributed by atoms with Crippen LogP contribution in [0.15, 0.2) is 34.5 Å². The van der Waals surface area contributed by atoms with Gasteiger partial charge in [-0.1, -0.05) is 0 Å². The molecule has 0 spiro atoms. The molecule has 2 atom stereocenters. The predicted octanol–water partition coefficient (Wildman–Crippen LogP) is 4.07. The second-order valence-corrected chi connectivity index (χ2v) is 8.61. The number of rotatable bonds is 5. The van der Waals surface area contributed by atoms with E-state index in [4.69, 9.17) is 0 Å². The van der Waals surface area contributed by atoms with Gasteiger partial charge in [0.25, 0.3) is 5.91 Å². The molecule has 7 heteroatoms. The summed E-state index contributed by atoms with van der Waals surface area (Å²) in [6.45, 7) is 4.44. The molecule has 0 bridgehead atoms. The average Bonchev–Trinajstić information content (AvgIpc) is 3.05. The molecule has 0 unspecified atom stereocenters. The third-order valence-corrected chi connectivity index (χ3v) is 6.59. The molecule has 1 saturated heterocycles. The molecule has 1 aromatic heterocycles. The van der Waals surface area contributed by atoms with Gasteiger partial charge in [0, 0.05) is 34.2 Å². The molecule has 2 aromatic rings. The third-order valence-electron chi connectivity index (χ3n) is 4.72. The van der Waals surface area contributed by atoms with Crippen molar-refractivity contribution in [3.05, 3.63) is 45.9 Å². The van der Waals surface area contributed by atoms with Crippen LogP contribution >= 0.6 is 23.1 Å². The van der Waals surface area contributed by atoms with E-state index in [2.05, 4.69) is 10.4 Å². The van der Waals surface area contributed by atoms with Crippen molar-refractivity contribution in [1.29, 1.82) is 0 Å². The Balaban J connectivity index is 1.63. The SMILES string of the molecule is Cc1nc(CSc2ccc(C(=O)N3CCC[C@@H](C(=O)O)[C@H]3C)cc2)cs1. The lowest BCUT2D eigenvalue weighted by molar-refractivity contribution is -0.144. The molecule has 138 valence electrons. The first kappa shape index (κ1) is 18.9. The number of carbonyl (C=O) groups excluding carboxylic acids is 1. The van der Waals surface area contributed by atoms with Gasteiger partial charge < -0.3 is 10.0 Å². The molecule has 1 amide bonds. The first-order valence-electron chi connectivity index (χ1n) is 8.63. The summed E-state index contributed by atoms with van der Waals surface area (Å²) in [6, 6.07) is 7.26. The highest BCUT2D eigenvalue weighted by molar-refractivity contribution is 7.98. The fourth-order valence-corrected chi connectivity index (χ4v) is 4.76. The summed E-state index contributed by atoms with van der Waals surface area (Å²) in [5.41, 5.74) is 1.68. The number of amides is 1. The quantitative estimate of drug-likeness (QED) is 0.779. The number of aromatic nitrogens is 1. The Labute approximate surface area is 161 Å². The van der Waals surface area contributed by atoms with Crippen molar-refractivity contribution in [2.24, 2.45) is 5.92 Å². The van der Waals surface area contributed by atoms with Crippen LogP contribution in [-0.4, -0.2) is 39.5 Å². The molecule has 26 heavy (non-hydrogen) atoms. The highest BCUT2D eigenvalue weighted by Crippen LogP contribution is 2.27. The van der Waals surface area contributed by atoms with Crippen molar-refractivity contribution < 1.29 is 14.7 Å². The number of carbonyl (C=O) groups is 2. The number of likely N-dealkylation sites (tertiary alicyclic amines) is 1. The summed E-state index contributed by atoms with van der Waals surface area (Å²) < 4.78 is 0. The van der Waals surface area contributed by atoms with E-state index in [0.717, 1.165) is 27.8 Å². The van der Waals surface area contributed by atoms with Crippen LogP contribution in [0.25, 0.3) is 0 Å². The van der Waals surface area contributed by atoms with Crippen molar-refractivity contribution in [2.45, 2.75) is 43.4 Å². The number of benzene rings is 1. The number of hydrogen-bond acceptors (Lipinski definition) is 5. The summed E-state index contributed by atoms with van der Waals surface area (Å²) in [4.78, 5) is 31.4. The smallest absolute Gasteiger partial charge is 0.308 e. The van der Waals surface area contributed by atoms with Gasteiger partial charge in [0.2, 0.25) is 0 Å². The zero-order chi connectivity index (χ0) is 18.7. The van der Waals surface area contributed by atoms with E-state index in [9.17, 15) is 14.7 Å².